The Labute approximate surface area is 791 Å². The molecule has 3 aliphatic rings. The zero-order valence-electron chi connectivity index (χ0n) is 74.4. The van der Waals surface area contributed by atoms with Crippen LogP contribution in [0.5, 0.6) is 0 Å². The highest BCUT2D eigenvalue weighted by Crippen LogP contribution is 2.56. The minimum atomic E-state index is 0.489. The minimum Gasteiger partial charge on any atom is -0.383 e. The van der Waals surface area contributed by atoms with Crippen LogP contribution < -0.4 is 26.2 Å². The van der Waals surface area contributed by atoms with Crippen molar-refractivity contribution in [3.63, 3.8) is 0 Å². The van der Waals surface area contributed by atoms with E-state index in [1.165, 1.54) is 138 Å². The topological polar surface area (TPSA) is 151 Å². The molecule has 0 aliphatic carbocycles. The number of para-hydroxylation sites is 4. The zero-order chi connectivity index (χ0) is 91.0. The van der Waals surface area contributed by atoms with Gasteiger partial charge in [-0.05, 0) is 268 Å². The molecule has 27 rings (SSSR count). The SMILES string of the molecule is NC(=Nc1ccccc1Cc1cccnc1)c1ccc(N2c3cc4ccccc4cc3-c3cccc4cccc2c34)cc1.NC(=Nc1ccccc1Cc1ccncc1)c1ccc2cc(N3c4cc5ccccc5cc4-c4cccc5cccc3c45)ccc2c1.c1ccc2cc3c(cc2c1)-c1cccc2cccc(c12)N3c1ccc(-c2nc(-c3cccc4cccnc34)c3ccccc3n2)cc1. The van der Waals surface area contributed by atoms with E-state index in [0.717, 1.165) is 118 Å². The summed E-state index contributed by atoms with van der Waals surface area (Å²) in [5, 5.41) is 19.3. The molecule has 7 heterocycles. The molecule has 20 aromatic carbocycles. The van der Waals surface area contributed by atoms with E-state index in [1.807, 2.05) is 97.6 Å². The second-order valence-corrected chi connectivity index (χ2v) is 35.2. The number of amidine groups is 2. The maximum Gasteiger partial charge on any atom is 0.160 e. The number of nitrogens with zero attached hydrogens (tertiary/aromatic N) is 10. The van der Waals surface area contributed by atoms with E-state index < -0.39 is 0 Å². The fourth-order valence-electron chi connectivity index (χ4n) is 20.5. The molecule has 0 unspecified atom stereocenters. The first-order valence-corrected chi connectivity index (χ1v) is 46.3. The van der Waals surface area contributed by atoms with Crippen molar-refractivity contribution >= 4 is 171 Å². The molecule has 12 nitrogen and oxygen atoms in total. The number of fused-ring (bicyclic) bond motifs is 12. The zero-order valence-corrected chi connectivity index (χ0v) is 74.4. The van der Waals surface area contributed by atoms with Crippen molar-refractivity contribution in [2.45, 2.75) is 12.8 Å². The van der Waals surface area contributed by atoms with Crippen LogP contribution in [-0.4, -0.2) is 36.6 Å². The average Bonchev–Trinajstić information content (AvgIpc) is 0.729. The number of aliphatic imine (C=N–C) groups is 2. The summed E-state index contributed by atoms with van der Waals surface area (Å²) >= 11 is 0. The largest absolute Gasteiger partial charge is 0.383 e. The van der Waals surface area contributed by atoms with Gasteiger partial charge in [0.2, 0.25) is 0 Å². The smallest absolute Gasteiger partial charge is 0.160 e. The lowest BCUT2D eigenvalue weighted by atomic mass is 9.89. The van der Waals surface area contributed by atoms with Crippen molar-refractivity contribution in [1.82, 2.24) is 24.9 Å². The molecule has 137 heavy (non-hydrogen) atoms. The molecule has 4 aromatic heterocycles. The molecular weight excluding hydrogens is 1670 g/mol. The second-order valence-electron chi connectivity index (χ2n) is 35.2. The van der Waals surface area contributed by atoms with Gasteiger partial charge in [0.15, 0.2) is 5.82 Å². The van der Waals surface area contributed by atoms with E-state index in [-0.39, 0.29) is 0 Å². The van der Waals surface area contributed by atoms with Gasteiger partial charge in [-0.25, -0.2) is 20.0 Å². The molecule has 0 amide bonds. The summed E-state index contributed by atoms with van der Waals surface area (Å²) in [7, 11) is 0. The van der Waals surface area contributed by atoms with Gasteiger partial charge in [0.25, 0.3) is 0 Å². The molecule has 4 N–H and O–H groups in total. The third-order valence-corrected chi connectivity index (χ3v) is 27.0. The van der Waals surface area contributed by atoms with Crippen LogP contribution in [0.4, 0.5) is 62.6 Å². The van der Waals surface area contributed by atoms with Crippen molar-refractivity contribution in [2.75, 3.05) is 14.7 Å². The summed E-state index contributed by atoms with van der Waals surface area (Å²) in [5.41, 5.74) is 43.9. The predicted octanol–water partition coefficient (Wildman–Crippen LogP) is 31.4. The Kier molecular flexibility index (Phi) is 20.1. The molecule has 24 aromatic rings. The lowest BCUT2D eigenvalue weighted by Gasteiger charge is -2.34. The summed E-state index contributed by atoms with van der Waals surface area (Å²) in [5.74, 6) is 1.68. The van der Waals surface area contributed by atoms with Crippen molar-refractivity contribution in [3.8, 4) is 56.0 Å². The maximum absolute atomic E-state index is 6.65. The molecule has 0 bridgehead atoms. The fourth-order valence-corrected chi connectivity index (χ4v) is 20.5. The van der Waals surface area contributed by atoms with Gasteiger partial charge >= 0.3 is 0 Å². The van der Waals surface area contributed by atoms with Gasteiger partial charge in [-0.3, -0.25) is 15.0 Å². The van der Waals surface area contributed by atoms with Crippen molar-refractivity contribution in [1.29, 1.82) is 0 Å². The highest BCUT2D eigenvalue weighted by atomic mass is 15.2. The monoisotopic (exact) mass is 1750 g/mol. The van der Waals surface area contributed by atoms with Crippen molar-refractivity contribution in [3.05, 3.63) is 495 Å². The van der Waals surface area contributed by atoms with Gasteiger partial charge in [0, 0.05) is 120 Å². The van der Waals surface area contributed by atoms with E-state index in [0.29, 0.717) is 17.5 Å². The van der Waals surface area contributed by atoms with E-state index >= 15 is 0 Å². The van der Waals surface area contributed by atoms with Crippen LogP contribution in [0.1, 0.15) is 33.4 Å². The Morgan fingerprint density at radius 3 is 1.21 bits per heavy atom. The van der Waals surface area contributed by atoms with Crippen LogP contribution in [0, 0.1) is 0 Å². The highest BCUT2D eigenvalue weighted by molar-refractivity contribution is 6.20. The van der Waals surface area contributed by atoms with Crippen LogP contribution >= 0.6 is 0 Å². The Hall–Kier alpha value is -18.4. The Morgan fingerprint density at radius 1 is 0.263 bits per heavy atom. The molecule has 644 valence electrons. The van der Waals surface area contributed by atoms with Crippen LogP contribution in [0.25, 0.3) is 153 Å². The summed E-state index contributed by atoms with van der Waals surface area (Å²) in [4.78, 5) is 40.3. The lowest BCUT2D eigenvalue weighted by Crippen LogP contribution is -2.16. The van der Waals surface area contributed by atoms with Crippen molar-refractivity contribution < 1.29 is 0 Å². The number of aromatic nitrogens is 5. The number of hydrogen-bond acceptors (Lipinski definition) is 10. The van der Waals surface area contributed by atoms with E-state index in [2.05, 4.69) is 383 Å². The number of anilines is 9. The van der Waals surface area contributed by atoms with E-state index in [4.69, 9.17) is 36.4 Å². The molecular formula is C125H84N12. The molecule has 0 fully saturated rings. The number of pyridine rings is 3. The van der Waals surface area contributed by atoms with E-state index in [1.54, 1.807) is 6.20 Å². The highest BCUT2D eigenvalue weighted by Gasteiger charge is 2.32. The van der Waals surface area contributed by atoms with Crippen LogP contribution in [0.2, 0.25) is 0 Å². The van der Waals surface area contributed by atoms with Gasteiger partial charge < -0.3 is 26.2 Å². The minimum absolute atomic E-state index is 0.489. The quantitative estimate of drug-likeness (QED) is 0.0843. The first-order valence-electron chi connectivity index (χ1n) is 46.3. The molecule has 12 heteroatoms. The second kappa shape index (κ2) is 34.1. The number of hydrogen-bond donors (Lipinski definition) is 2. The molecule has 0 saturated heterocycles. The number of rotatable bonds is 13. The van der Waals surface area contributed by atoms with Crippen LogP contribution in [-0.2, 0) is 12.8 Å². The Bertz CT molecular complexity index is 9010. The van der Waals surface area contributed by atoms with Gasteiger partial charge in [-0.15, -0.1) is 0 Å². The lowest BCUT2D eigenvalue weighted by molar-refractivity contribution is 1.14. The Morgan fingerprint density at radius 2 is 0.672 bits per heavy atom. The van der Waals surface area contributed by atoms with Gasteiger partial charge in [0.1, 0.15) is 11.7 Å². The third kappa shape index (κ3) is 14.7. The third-order valence-electron chi connectivity index (χ3n) is 27.0. The first-order chi connectivity index (χ1) is 67.7. The maximum atomic E-state index is 6.65. The van der Waals surface area contributed by atoms with Crippen molar-refractivity contribution in [2.24, 2.45) is 21.5 Å². The molecule has 0 saturated carbocycles. The first kappa shape index (κ1) is 80.7. The van der Waals surface area contributed by atoms with Gasteiger partial charge in [-0.2, -0.15) is 0 Å². The summed E-state index contributed by atoms with van der Waals surface area (Å²) in [6.45, 7) is 0. The molecule has 0 radical (unpaired) electrons. The predicted molar refractivity (Wildman–Crippen MR) is 570 cm³/mol. The average molecular weight is 1750 g/mol. The molecule has 0 atom stereocenters. The molecule has 0 spiro atoms. The summed E-state index contributed by atoms with van der Waals surface area (Å²) in [6, 6.07) is 152. The normalized spacial score (nSPS) is 12.4. The number of benzene rings is 20. The molecule has 3 aliphatic heterocycles. The van der Waals surface area contributed by atoms with Gasteiger partial charge in [-0.1, -0.05) is 267 Å². The Balaban J connectivity index is 0.000000109. The fraction of sp³-hybridized carbons (Fsp3) is 0.0160. The standard InChI is InChI=1S/C43H26N4.C43H30N4.C39H28N4/c1-2-10-31-26-39-36(25-30(31)9-1)33-16-5-11-27-12-7-19-38(40(27)33)47(39)32-22-20-29(21-23-32)43-45-37-18-4-3-15-34(37)42(46-43)35-17-6-13-28-14-8-24-44-41(28)35;44-43(46-39-13-4-3-9-34(39)23-28-19-21-45-22-20-28)35-16-15-33-25-36(18-17-32(33)24-35)47-40-14-6-11-29-10-5-12-37(42(29)40)38-26-30-7-1-2-8-31(30)27-41(38)47;40-39(42-35-15-4-3-11-31(35)22-26-8-7-21-41-25-26)28-17-19-32(20-18-28)43-36-16-6-13-27-12-5-14-33(38(27)36)34-23-29-9-1-2-10-30(29)24-37(34)43/h1-26H;1-22,24-27H,23H2,(H2,44,46);1-21,23-25H,22H2,(H2,40,42). The van der Waals surface area contributed by atoms with E-state index in [9.17, 15) is 0 Å². The summed E-state index contributed by atoms with van der Waals surface area (Å²) in [6.07, 6.45) is 10.7. The van der Waals surface area contributed by atoms with Gasteiger partial charge in [0.05, 0.1) is 62.2 Å². The summed E-state index contributed by atoms with van der Waals surface area (Å²) < 4.78 is 0. The van der Waals surface area contributed by atoms with Crippen LogP contribution in [0.3, 0.4) is 0 Å². The number of nitrogens with two attached hydrogens (primary N) is 2. The van der Waals surface area contributed by atoms with Crippen LogP contribution in [0.15, 0.2) is 472 Å².